The van der Waals surface area contributed by atoms with Gasteiger partial charge in [-0.15, -0.1) is 0 Å². The molecule has 0 spiro atoms. The molecule has 0 N–H and O–H groups in total. The van der Waals surface area contributed by atoms with E-state index in [1.54, 1.807) is 7.11 Å². The summed E-state index contributed by atoms with van der Waals surface area (Å²) in [6, 6.07) is 32.2. The first kappa shape index (κ1) is 23.4. The van der Waals surface area contributed by atoms with Crippen molar-refractivity contribution in [3.8, 4) is 11.5 Å². The van der Waals surface area contributed by atoms with Crippen LogP contribution in [0, 0.1) is 0 Å². The molecule has 36 heavy (non-hydrogen) atoms. The van der Waals surface area contributed by atoms with Gasteiger partial charge in [0.2, 0.25) is 0 Å². The highest BCUT2D eigenvalue weighted by Gasteiger charge is 2.32. The molecule has 1 heterocycles. The molecule has 0 atom stereocenters. The van der Waals surface area contributed by atoms with Crippen LogP contribution in [0.25, 0.3) is 6.08 Å². The number of anilines is 1. The van der Waals surface area contributed by atoms with E-state index in [-0.39, 0.29) is 5.91 Å². The summed E-state index contributed by atoms with van der Waals surface area (Å²) in [5, 5.41) is 6.77. The van der Waals surface area contributed by atoms with Gasteiger partial charge < -0.3 is 9.47 Å². The zero-order valence-electron chi connectivity index (χ0n) is 19.6. The second-order valence-electron chi connectivity index (χ2n) is 8.12. The number of carbonyl (C=O) groups is 1. The molecule has 5 rings (SSSR count). The Balaban J connectivity index is 1.47. The van der Waals surface area contributed by atoms with Gasteiger partial charge in [0.05, 0.1) is 18.4 Å². The smallest absolute Gasteiger partial charge is 0.281 e. The van der Waals surface area contributed by atoms with E-state index in [2.05, 4.69) is 5.10 Å². The van der Waals surface area contributed by atoms with Crippen LogP contribution < -0.4 is 14.5 Å². The number of benzene rings is 4. The summed E-state index contributed by atoms with van der Waals surface area (Å²) in [5.41, 5.74) is 4.36. The number of hydrogen-bond donors (Lipinski definition) is 0. The van der Waals surface area contributed by atoms with E-state index in [9.17, 15) is 4.79 Å². The zero-order chi connectivity index (χ0) is 24.9. The topological polar surface area (TPSA) is 51.1 Å². The number of methoxy groups -OCH3 is 1. The van der Waals surface area contributed by atoms with Gasteiger partial charge in [-0.25, -0.2) is 0 Å². The van der Waals surface area contributed by atoms with Gasteiger partial charge in [0, 0.05) is 16.1 Å². The molecule has 0 aromatic heterocycles. The molecule has 6 heteroatoms. The quantitative estimate of drug-likeness (QED) is 0.267. The van der Waals surface area contributed by atoms with Crippen molar-refractivity contribution in [3.63, 3.8) is 0 Å². The van der Waals surface area contributed by atoms with E-state index in [1.807, 2.05) is 109 Å². The Bertz CT molecular complexity index is 1450. The monoisotopic (exact) mass is 494 g/mol. The molecular formula is C30H23ClN2O3. The summed E-state index contributed by atoms with van der Waals surface area (Å²) in [7, 11) is 1.59. The highest BCUT2D eigenvalue weighted by molar-refractivity contribution is 6.37. The Morgan fingerprint density at radius 2 is 1.56 bits per heavy atom. The highest BCUT2D eigenvalue weighted by Crippen LogP contribution is 2.32. The van der Waals surface area contributed by atoms with Gasteiger partial charge in [-0.05, 0) is 42.0 Å². The summed E-state index contributed by atoms with van der Waals surface area (Å²) in [6.45, 7) is 0.311. The minimum absolute atomic E-state index is 0.196. The highest BCUT2D eigenvalue weighted by atomic mass is 35.5. The summed E-state index contributed by atoms with van der Waals surface area (Å²) >= 11 is 6.25. The number of carbonyl (C=O) groups excluding carboxylic acids is 1. The van der Waals surface area contributed by atoms with Gasteiger partial charge in [-0.3, -0.25) is 4.79 Å². The molecule has 4 aromatic rings. The predicted molar refractivity (Wildman–Crippen MR) is 144 cm³/mol. The lowest BCUT2D eigenvalue weighted by Gasteiger charge is -2.13. The van der Waals surface area contributed by atoms with Crippen LogP contribution in [-0.4, -0.2) is 18.7 Å². The number of rotatable bonds is 7. The van der Waals surface area contributed by atoms with Crippen molar-refractivity contribution in [2.24, 2.45) is 5.10 Å². The molecule has 5 nitrogen and oxygen atoms in total. The third kappa shape index (κ3) is 4.88. The predicted octanol–water partition coefficient (Wildman–Crippen LogP) is 6.76. The molecule has 1 aliphatic heterocycles. The van der Waals surface area contributed by atoms with Gasteiger partial charge in [0.1, 0.15) is 12.3 Å². The van der Waals surface area contributed by atoms with Crippen LogP contribution in [-0.2, 0) is 11.4 Å². The van der Waals surface area contributed by atoms with Crippen LogP contribution in [0.5, 0.6) is 11.5 Å². The average Bonchev–Trinajstić information content (AvgIpc) is 3.25. The van der Waals surface area contributed by atoms with Gasteiger partial charge in [0.15, 0.2) is 11.5 Å². The SMILES string of the molecule is COc1cc(/C=C2/C(=O)N(c3ccccc3)N=C2c2ccccc2)ccc1OCc1ccccc1Cl. The van der Waals surface area contributed by atoms with Crippen molar-refractivity contribution in [1.29, 1.82) is 0 Å². The molecule has 0 aliphatic carbocycles. The number of nitrogens with zero attached hydrogens (tertiary/aromatic N) is 2. The lowest BCUT2D eigenvalue weighted by Crippen LogP contribution is -2.21. The molecule has 0 fully saturated rings. The largest absolute Gasteiger partial charge is 0.493 e. The van der Waals surface area contributed by atoms with Gasteiger partial charge in [0.25, 0.3) is 5.91 Å². The summed E-state index contributed by atoms with van der Waals surface area (Å²) in [4.78, 5) is 13.5. The summed E-state index contributed by atoms with van der Waals surface area (Å²) < 4.78 is 11.6. The molecule has 0 unspecified atom stereocenters. The average molecular weight is 495 g/mol. The Morgan fingerprint density at radius 3 is 2.28 bits per heavy atom. The number of hydrazone groups is 1. The second kappa shape index (κ2) is 10.5. The Hall–Kier alpha value is -4.35. The fraction of sp³-hybridized carbons (Fsp3) is 0.0667. The first-order chi connectivity index (χ1) is 17.6. The molecule has 0 saturated heterocycles. The molecule has 1 amide bonds. The van der Waals surface area contributed by atoms with Crippen LogP contribution >= 0.6 is 11.6 Å². The van der Waals surface area contributed by atoms with E-state index in [4.69, 9.17) is 21.1 Å². The number of hydrogen-bond acceptors (Lipinski definition) is 4. The van der Waals surface area contributed by atoms with Gasteiger partial charge >= 0.3 is 0 Å². The van der Waals surface area contributed by atoms with Crippen molar-refractivity contribution >= 4 is 35.0 Å². The first-order valence-corrected chi connectivity index (χ1v) is 11.8. The molecular weight excluding hydrogens is 472 g/mol. The maximum absolute atomic E-state index is 13.5. The lowest BCUT2D eigenvalue weighted by molar-refractivity contribution is -0.114. The Morgan fingerprint density at radius 1 is 0.861 bits per heavy atom. The Labute approximate surface area is 214 Å². The van der Waals surface area contributed by atoms with Crippen molar-refractivity contribution in [2.45, 2.75) is 6.61 Å². The Kier molecular flexibility index (Phi) is 6.83. The number of para-hydroxylation sites is 1. The minimum Gasteiger partial charge on any atom is -0.493 e. The lowest BCUT2D eigenvalue weighted by atomic mass is 10.00. The van der Waals surface area contributed by atoms with Crippen LogP contribution in [0.15, 0.2) is 114 Å². The fourth-order valence-electron chi connectivity index (χ4n) is 3.93. The van der Waals surface area contributed by atoms with E-state index in [1.165, 1.54) is 5.01 Å². The maximum atomic E-state index is 13.5. The van der Waals surface area contributed by atoms with Crippen molar-refractivity contribution in [1.82, 2.24) is 0 Å². The van der Waals surface area contributed by atoms with E-state index in [0.29, 0.717) is 40.1 Å². The van der Waals surface area contributed by atoms with Crippen molar-refractivity contribution < 1.29 is 14.3 Å². The van der Waals surface area contributed by atoms with Crippen LogP contribution in [0.4, 0.5) is 5.69 Å². The van der Waals surface area contributed by atoms with Crippen molar-refractivity contribution in [2.75, 3.05) is 12.1 Å². The van der Waals surface area contributed by atoms with Crippen LogP contribution in [0.2, 0.25) is 5.02 Å². The number of halogens is 1. The molecule has 4 aromatic carbocycles. The van der Waals surface area contributed by atoms with E-state index < -0.39 is 0 Å². The normalized spacial score (nSPS) is 14.2. The first-order valence-electron chi connectivity index (χ1n) is 11.4. The molecule has 1 aliphatic rings. The standard InChI is InChI=1S/C30H23ClN2O3/c1-35-28-19-21(16-17-27(28)36-20-23-12-8-9-15-26(23)31)18-25-29(22-10-4-2-5-11-22)32-33(30(25)34)24-13-6-3-7-14-24/h2-19H,20H2,1H3/b25-18+. The molecule has 178 valence electrons. The summed E-state index contributed by atoms with van der Waals surface area (Å²) in [6.07, 6.45) is 1.83. The number of ether oxygens (including phenoxy) is 2. The third-order valence-electron chi connectivity index (χ3n) is 5.77. The van der Waals surface area contributed by atoms with Crippen molar-refractivity contribution in [3.05, 3.63) is 130 Å². The number of amides is 1. The van der Waals surface area contributed by atoms with Crippen LogP contribution in [0.1, 0.15) is 16.7 Å². The zero-order valence-corrected chi connectivity index (χ0v) is 20.4. The van der Waals surface area contributed by atoms with Gasteiger partial charge in [-0.1, -0.05) is 84.4 Å². The summed E-state index contributed by atoms with van der Waals surface area (Å²) in [5.74, 6) is 0.943. The maximum Gasteiger partial charge on any atom is 0.281 e. The molecule has 0 bridgehead atoms. The fourth-order valence-corrected chi connectivity index (χ4v) is 4.12. The van der Waals surface area contributed by atoms with E-state index >= 15 is 0 Å². The minimum atomic E-state index is -0.196. The van der Waals surface area contributed by atoms with E-state index in [0.717, 1.165) is 16.7 Å². The van der Waals surface area contributed by atoms with Crippen LogP contribution in [0.3, 0.4) is 0 Å². The molecule has 0 saturated carbocycles. The second-order valence-corrected chi connectivity index (χ2v) is 8.52. The molecule has 0 radical (unpaired) electrons. The van der Waals surface area contributed by atoms with Gasteiger partial charge in [-0.2, -0.15) is 10.1 Å². The third-order valence-corrected chi connectivity index (χ3v) is 6.13.